The summed E-state index contributed by atoms with van der Waals surface area (Å²) < 4.78 is 12.6. The maximum Gasteiger partial charge on any atom is 0.311 e. The van der Waals surface area contributed by atoms with Gasteiger partial charge in [0.25, 0.3) is 0 Å². The number of nitrogens with two attached hydrogens (primary N) is 1. The van der Waals surface area contributed by atoms with Crippen LogP contribution in [0, 0.1) is 6.92 Å². The molecule has 136 valence electrons. The molecule has 2 aromatic rings. The Bertz CT molecular complexity index is 865. The van der Waals surface area contributed by atoms with Gasteiger partial charge < -0.3 is 20.3 Å². The number of aliphatic hydroxyl groups is 1. The number of fused-ring (bicyclic) bond motifs is 1. The van der Waals surface area contributed by atoms with E-state index in [1.54, 1.807) is 13.8 Å². The molecule has 25 heavy (non-hydrogen) atoms. The fourth-order valence-electron chi connectivity index (χ4n) is 2.65. The van der Waals surface area contributed by atoms with Crippen LogP contribution in [0.1, 0.15) is 25.3 Å². The minimum absolute atomic E-state index is 0.0401. The molecule has 0 amide bonds. The van der Waals surface area contributed by atoms with Crippen LogP contribution in [0.2, 0.25) is 0 Å². The van der Waals surface area contributed by atoms with Gasteiger partial charge in [-0.2, -0.15) is 4.98 Å². The SMILES string of the molecule is COC(=O)C[C@@H]1S[C@H]([C@H](C)O)O[C@H]1n1c(=O)sc2c(C)nc(N)nc21. The molecule has 11 heteroatoms. The number of hydrogen-bond donors (Lipinski definition) is 2. The highest BCUT2D eigenvalue weighted by molar-refractivity contribution is 8.00. The third kappa shape index (κ3) is 3.36. The zero-order valence-electron chi connectivity index (χ0n) is 13.8. The van der Waals surface area contributed by atoms with E-state index in [2.05, 4.69) is 9.97 Å². The van der Waals surface area contributed by atoms with E-state index in [1.165, 1.54) is 23.4 Å². The Morgan fingerprint density at radius 3 is 2.88 bits per heavy atom. The van der Waals surface area contributed by atoms with E-state index in [9.17, 15) is 14.7 Å². The summed E-state index contributed by atoms with van der Waals surface area (Å²) in [7, 11) is 1.30. The lowest BCUT2D eigenvalue weighted by Crippen LogP contribution is -2.29. The quantitative estimate of drug-likeness (QED) is 0.727. The number of esters is 1. The van der Waals surface area contributed by atoms with Crippen molar-refractivity contribution in [2.45, 2.75) is 43.3 Å². The second-order valence-electron chi connectivity index (χ2n) is 5.65. The standard InChI is InChI=1S/C14H18N4O5S2/c1-5-9-10(17-13(15)16-5)18(14(21)25-9)11-7(4-8(20)22-3)24-12(23-11)6(2)19/h6-7,11-12,19H,4H2,1-3H3,(H2,15,16,17)/t6-,7-,11+,12+/m0/s1. The number of carbonyl (C=O) groups excluding carboxylic acids is 1. The van der Waals surface area contributed by atoms with Crippen molar-refractivity contribution in [3.63, 3.8) is 0 Å². The number of anilines is 1. The number of thiazole rings is 1. The summed E-state index contributed by atoms with van der Waals surface area (Å²) in [4.78, 5) is 32.3. The molecule has 2 aromatic heterocycles. The topological polar surface area (TPSA) is 130 Å². The second kappa shape index (κ2) is 6.90. The van der Waals surface area contributed by atoms with Crippen LogP contribution >= 0.6 is 23.1 Å². The second-order valence-corrected chi connectivity index (χ2v) is 7.95. The molecule has 4 atom stereocenters. The molecule has 0 saturated carbocycles. The van der Waals surface area contributed by atoms with Gasteiger partial charge in [-0.25, -0.2) is 4.98 Å². The lowest BCUT2D eigenvalue weighted by atomic mass is 10.2. The molecule has 3 heterocycles. The lowest BCUT2D eigenvalue weighted by Gasteiger charge is -2.18. The summed E-state index contributed by atoms with van der Waals surface area (Å²) in [5, 5.41) is 9.45. The molecule has 1 fully saturated rings. The van der Waals surface area contributed by atoms with Crippen LogP contribution in [-0.2, 0) is 14.3 Å². The van der Waals surface area contributed by atoms with Crippen LogP contribution in [0.4, 0.5) is 5.95 Å². The Labute approximate surface area is 151 Å². The minimum atomic E-state index is -0.766. The van der Waals surface area contributed by atoms with E-state index >= 15 is 0 Å². The molecule has 3 N–H and O–H groups in total. The van der Waals surface area contributed by atoms with Crippen LogP contribution in [0.5, 0.6) is 0 Å². The van der Waals surface area contributed by atoms with E-state index in [0.29, 0.717) is 16.0 Å². The van der Waals surface area contributed by atoms with E-state index < -0.39 is 29.0 Å². The molecule has 9 nitrogen and oxygen atoms in total. The number of carbonyl (C=O) groups is 1. The highest BCUT2D eigenvalue weighted by Crippen LogP contribution is 2.43. The van der Waals surface area contributed by atoms with Gasteiger partial charge in [0.1, 0.15) is 5.44 Å². The molecule has 0 bridgehead atoms. The van der Waals surface area contributed by atoms with Gasteiger partial charge >= 0.3 is 10.8 Å². The van der Waals surface area contributed by atoms with Crippen LogP contribution < -0.4 is 10.6 Å². The number of nitrogens with zero attached hydrogens (tertiary/aromatic N) is 3. The Morgan fingerprint density at radius 1 is 1.52 bits per heavy atom. The average Bonchev–Trinajstić information content (AvgIpc) is 3.08. The molecule has 1 aliphatic rings. The number of thioether (sulfide) groups is 1. The third-order valence-corrected chi connectivity index (χ3v) is 6.37. The summed E-state index contributed by atoms with van der Waals surface area (Å²) >= 11 is 2.29. The summed E-state index contributed by atoms with van der Waals surface area (Å²) in [6.07, 6.45) is -1.49. The molecule has 0 unspecified atom stereocenters. The maximum absolute atomic E-state index is 12.6. The van der Waals surface area contributed by atoms with Gasteiger partial charge in [0.2, 0.25) is 5.95 Å². The minimum Gasteiger partial charge on any atom is -0.469 e. The van der Waals surface area contributed by atoms with Gasteiger partial charge in [-0.05, 0) is 13.8 Å². The largest absolute Gasteiger partial charge is 0.469 e. The van der Waals surface area contributed by atoms with E-state index in [0.717, 1.165) is 11.3 Å². The summed E-state index contributed by atoms with van der Waals surface area (Å²) in [5.41, 5.74) is 6.12. The number of hydrogen-bond acceptors (Lipinski definition) is 10. The van der Waals surface area contributed by atoms with Crippen LogP contribution in [-0.4, -0.2) is 49.5 Å². The number of aliphatic hydroxyl groups excluding tert-OH is 1. The first-order valence-corrected chi connectivity index (χ1v) is 9.28. The van der Waals surface area contributed by atoms with Crippen molar-refractivity contribution < 1.29 is 19.4 Å². The third-order valence-electron chi connectivity index (χ3n) is 3.79. The van der Waals surface area contributed by atoms with Crippen molar-refractivity contribution in [1.82, 2.24) is 14.5 Å². The van der Waals surface area contributed by atoms with Gasteiger partial charge in [0.05, 0.1) is 35.3 Å². The summed E-state index contributed by atoms with van der Waals surface area (Å²) in [6, 6.07) is 0. The number of nitrogen functional groups attached to an aromatic ring is 1. The Hall–Kier alpha value is -1.69. The fourth-order valence-corrected chi connectivity index (χ4v) is 4.84. The van der Waals surface area contributed by atoms with Crippen molar-refractivity contribution in [1.29, 1.82) is 0 Å². The normalized spacial score (nSPS) is 24.6. The summed E-state index contributed by atoms with van der Waals surface area (Å²) in [5.74, 6) is -0.367. The van der Waals surface area contributed by atoms with Gasteiger partial charge in [-0.15, -0.1) is 11.8 Å². The smallest absolute Gasteiger partial charge is 0.311 e. The predicted octanol–water partition coefficient (Wildman–Crippen LogP) is 0.644. The molecule has 0 aromatic carbocycles. The number of aromatic nitrogens is 3. The van der Waals surface area contributed by atoms with E-state index in [-0.39, 0.29) is 17.2 Å². The highest BCUT2D eigenvalue weighted by Gasteiger charge is 2.42. The molecule has 1 saturated heterocycles. The Balaban J connectivity index is 2.08. The van der Waals surface area contributed by atoms with E-state index in [4.69, 9.17) is 15.2 Å². The predicted molar refractivity (Wildman–Crippen MR) is 94.4 cm³/mol. The number of ether oxygens (including phenoxy) is 2. The van der Waals surface area contributed by atoms with Crippen LogP contribution in [0.15, 0.2) is 4.79 Å². The van der Waals surface area contributed by atoms with Gasteiger partial charge in [0.15, 0.2) is 11.9 Å². The first kappa shape index (κ1) is 18.1. The van der Waals surface area contributed by atoms with Gasteiger partial charge in [0, 0.05) is 0 Å². The van der Waals surface area contributed by atoms with Gasteiger partial charge in [-0.1, -0.05) is 11.3 Å². The highest BCUT2D eigenvalue weighted by atomic mass is 32.2. The van der Waals surface area contributed by atoms with Crippen molar-refractivity contribution in [3.8, 4) is 0 Å². The Kier molecular flexibility index (Phi) is 5.00. The first-order chi connectivity index (χ1) is 11.8. The van der Waals surface area contributed by atoms with E-state index in [1.807, 2.05) is 0 Å². The molecular formula is C14H18N4O5S2. The van der Waals surface area contributed by atoms with Crippen LogP contribution in [0.25, 0.3) is 10.3 Å². The number of aryl methyl sites for hydroxylation is 1. The molecule has 3 rings (SSSR count). The maximum atomic E-state index is 12.6. The molecule has 0 spiro atoms. The molecule has 0 radical (unpaired) electrons. The molecule has 0 aliphatic carbocycles. The monoisotopic (exact) mass is 386 g/mol. The zero-order chi connectivity index (χ0) is 18.3. The number of methoxy groups -OCH3 is 1. The fraction of sp³-hybridized carbons (Fsp3) is 0.571. The van der Waals surface area contributed by atoms with Crippen LogP contribution in [0.3, 0.4) is 0 Å². The molecular weight excluding hydrogens is 368 g/mol. The van der Waals surface area contributed by atoms with Gasteiger partial charge in [-0.3, -0.25) is 14.2 Å². The zero-order valence-corrected chi connectivity index (χ0v) is 15.5. The average molecular weight is 386 g/mol. The van der Waals surface area contributed by atoms with Crippen molar-refractivity contribution in [2.24, 2.45) is 0 Å². The number of rotatable bonds is 4. The van der Waals surface area contributed by atoms with Crippen molar-refractivity contribution >= 4 is 45.4 Å². The first-order valence-electron chi connectivity index (χ1n) is 7.52. The summed E-state index contributed by atoms with van der Waals surface area (Å²) in [6.45, 7) is 3.34. The lowest BCUT2D eigenvalue weighted by molar-refractivity contribution is -0.141. The van der Waals surface area contributed by atoms with Crippen molar-refractivity contribution in [2.75, 3.05) is 12.8 Å². The van der Waals surface area contributed by atoms with Crippen molar-refractivity contribution in [3.05, 3.63) is 15.4 Å². The Morgan fingerprint density at radius 2 is 2.24 bits per heavy atom. The molecule has 1 aliphatic heterocycles.